The van der Waals surface area contributed by atoms with Crippen molar-refractivity contribution >= 4 is 5.69 Å². The lowest BCUT2D eigenvalue weighted by atomic mass is 10.1. The van der Waals surface area contributed by atoms with Gasteiger partial charge >= 0.3 is 0 Å². The Labute approximate surface area is 135 Å². The summed E-state index contributed by atoms with van der Waals surface area (Å²) in [5, 5.41) is 9.69. The van der Waals surface area contributed by atoms with Gasteiger partial charge in [0.2, 0.25) is 0 Å². The minimum atomic E-state index is -0.624. The fourth-order valence-corrected chi connectivity index (χ4v) is 2.73. The zero-order valence-corrected chi connectivity index (χ0v) is 13.0. The molecule has 0 aromatic heterocycles. The van der Waals surface area contributed by atoms with Crippen molar-refractivity contribution in [2.45, 2.75) is 12.8 Å². The number of phenols is 1. The Hall–Kier alpha value is -2.67. The lowest BCUT2D eigenvalue weighted by Gasteiger charge is -2.17. The van der Waals surface area contributed by atoms with Crippen LogP contribution < -0.4 is 9.64 Å². The standard InChI is InChI=1S/C19H18FNO2/c1-23-19-17(20)12-15(13-18(19)22)5-4-14-6-8-16(9-7-14)21-10-2-3-11-21/h6-9,12-13,22H,2-3,10-11H2,1H3. The van der Waals surface area contributed by atoms with Gasteiger partial charge in [-0.15, -0.1) is 0 Å². The molecule has 0 aliphatic carbocycles. The predicted molar refractivity (Wildman–Crippen MR) is 88.5 cm³/mol. The maximum absolute atomic E-state index is 13.7. The van der Waals surface area contributed by atoms with Gasteiger partial charge in [0.1, 0.15) is 0 Å². The molecule has 0 unspecified atom stereocenters. The van der Waals surface area contributed by atoms with Gasteiger partial charge in [0, 0.05) is 29.9 Å². The molecule has 2 aromatic rings. The van der Waals surface area contributed by atoms with Crippen molar-refractivity contribution in [1.29, 1.82) is 0 Å². The number of hydrogen-bond donors (Lipinski definition) is 1. The highest BCUT2D eigenvalue weighted by Crippen LogP contribution is 2.29. The molecule has 0 amide bonds. The first-order valence-electron chi connectivity index (χ1n) is 7.61. The molecular weight excluding hydrogens is 293 g/mol. The van der Waals surface area contributed by atoms with Crippen LogP contribution in [0.25, 0.3) is 0 Å². The normalized spacial score (nSPS) is 13.6. The Bertz CT molecular complexity index is 730. The molecule has 23 heavy (non-hydrogen) atoms. The van der Waals surface area contributed by atoms with E-state index >= 15 is 0 Å². The van der Waals surface area contributed by atoms with Gasteiger partial charge in [0.15, 0.2) is 17.3 Å². The summed E-state index contributed by atoms with van der Waals surface area (Å²) in [7, 11) is 1.31. The summed E-state index contributed by atoms with van der Waals surface area (Å²) >= 11 is 0. The Morgan fingerprint density at radius 3 is 2.30 bits per heavy atom. The molecule has 0 saturated carbocycles. The molecule has 0 radical (unpaired) electrons. The fourth-order valence-electron chi connectivity index (χ4n) is 2.73. The SMILES string of the molecule is COc1c(O)cc(C#Cc2ccc(N3CCCC3)cc2)cc1F. The summed E-state index contributed by atoms with van der Waals surface area (Å²) in [5.41, 5.74) is 2.47. The molecule has 2 aromatic carbocycles. The Balaban J connectivity index is 1.78. The molecule has 1 heterocycles. The predicted octanol–water partition coefficient (Wildman–Crippen LogP) is 3.54. The molecule has 4 heteroatoms. The minimum Gasteiger partial charge on any atom is -0.504 e. The lowest BCUT2D eigenvalue weighted by molar-refractivity contribution is 0.351. The summed E-state index contributed by atoms with van der Waals surface area (Å²) in [6, 6.07) is 10.7. The molecule has 3 rings (SSSR count). The largest absolute Gasteiger partial charge is 0.504 e. The molecule has 1 N–H and O–H groups in total. The quantitative estimate of drug-likeness (QED) is 0.861. The zero-order chi connectivity index (χ0) is 16.2. The van der Waals surface area contributed by atoms with Crippen LogP contribution in [-0.2, 0) is 0 Å². The molecule has 1 fully saturated rings. The van der Waals surface area contributed by atoms with Gasteiger partial charge in [-0.3, -0.25) is 0 Å². The van der Waals surface area contributed by atoms with Crippen LogP contribution in [0, 0.1) is 17.7 Å². The van der Waals surface area contributed by atoms with Crippen LogP contribution in [0.2, 0.25) is 0 Å². The average molecular weight is 311 g/mol. The number of halogens is 1. The summed E-state index contributed by atoms with van der Waals surface area (Å²) < 4.78 is 18.5. The summed E-state index contributed by atoms with van der Waals surface area (Å²) in [4.78, 5) is 2.36. The van der Waals surface area contributed by atoms with E-state index in [-0.39, 0.29) is 11.5 Å². The van der Waals surface area contributed by atoms with Gasteiger partial charge in [-0.25, -0.2) is 4.39 Å². The van der Waals surface area contributed by atoms with Crippen LogP contribution in [0.1, 0.15) is 24.0 Å². The van der Waals surface area contributed by atoms with E-state index in [4.69, 9.17) is 4.74 Å². The van der Waals surface area contributed by atoms with E-state index in [1.54, 1.807) is 0 Å². The molecule has 118 valence electrons. The highest BCUT2D eigenvalue weighted by Gasteiger charge is 2.11. The van der Waals surface area contributed by atoms with Crippen LogP contribution in [0.4, 0.5) is 10.1 Å². The highest BCUT2D eigenvalue weighted by atomic mass is 19.1. The average Bonchev–Trinajstić information content (AvgIpc) is 3.08. The van der Waals surface area contributed by atoms with E-state index in [9.17, 15) is 9.50 Å². The number of nitrogens with zero attached hydrogens (tertiary/aromatic N) is 1. The van der Waals surface area contributed by atoms with Crippen LogP contribution in [0.3, 0.4) is 0 Å². The van der Waals surface area contributed by atoms with Gasteiger partial charge in [0.25, 0.3) is 0 Å². The molecule has 1 saturated heterocycles. The van der Waals surface area contributed by atoms with Gasteiger partial charge in [-0.2, -0.15) is 0 Å². The first-order chi connectivity index (χ1) is 11.2. The number of hydrogen-bond acceptors (Lipinski definition) is 3. The topological polar surface area (TPSA) is 32.7 Å². The number of phenolic OH excluding ortho intramolecular Hbond substituents is 1. The van der Waals surface area contributed by atoms with Crippen LogP contribution in [0.15, 0.2) is 36.4 Å². The van der Waals surface area contributed by atoms with E-state index in [0.717, 1.165) is 18.7 Å². The van der Waals surface area contributed by atoms with Crippen molar-refractivity contribution in [2.24, 2.45) is 0 Å². The summed E-state index contributed by atoms with van der Waals surface area (Å²) in [6.07, 6.45) is 2.49. The summed E-state index contributed by atoms with van der Waals surface area (Å²) in [6.45, 7) is 2.21. The number of aromatic hydroxyl groups is 1. The number of anilines is 1. The summed E-state index contributed by atoms with van der Waals surface area (Å²) in [5.74, 6) is 4.81. The van der Waals surface area contributed by atoms with E-state index in [0.29, 0.717) is 5.56 Å². The van der Waals surface area contributed by atoms with Crippen molar-refractivity contribution < 1.29 is 14.2 Å². The first kappa shape index (κ1) is 15.2. The van der Waals surface area contributed by atoms with Gasteiger partial charge in [-0.05, 0) is 49.2 Å². The highest BCUT2D eigenvalue weighted by molar-refractivity contribution is 5.54. The van der Waals surface area contributed by atoms with E-state index in [1.807, 2.05) is 12.1 Å². The zero-order valence-electron chi connectivity index (χ0n) is 13.0. The smallest absolute Gasteiger partial charge is 0.196 e. The van der Waals surface area contributed by atoms with Crippen LogP contribution in [-0.4, -0.2) is 25.3 Å². The molecular formula is C19H18FNO2. The maximum Gasteiger partial charge on any atom is 0.196 e. The second-order valence-corrected chi connectivity index (χ2v) is 5.50. The molecule has 3 nitrogen and oxygen atoms in total. The second kappa shape index (κ2) is 6.62. The van der Waals surface area contributed by atoms with E-state index in [2.05, 4.69) is 28.9 Å². The molecule has 0 bridgehead atoms. The second-order valence-electron chi connectivity index (χ2n) is 5.50. The first-order valence-corrected chi connectivity index (χ1v) is 7.61. The molecule has 0 spiro atoms. The van der Waals surface area contributed by atoms with Crippen molar-refractivity contribution in [1.82, 2.24) is 0 Å². The van der Waals surface area contributed by atoms with Gasteiger partial charge in [0.05, 0.1) is 7.11 Å². The van der Waals surface area contributed by atoms with E-state index < -0.39 is 5.82 Å². The van der Waals surface area contributed by atoms with Crippen molar-refractivity contribution in [3.63, 3.8) is 0 Å². The van der Waals surface area contributed by atoms with Crippen molar-refractivity contribution in [3.05, 3.63) is 53.3 Å². The molecule has 1 aliphatic rings. The third kappa shape index (κ3) is 3.40. The molecule has 1 aliphatic heterocycles. The number of benzene rings is 2. The maximum atomic E-state index is 13.7. The monoisotopic (exact) mass is 311 g/mol. The Morgan fingerprint density at radius 1 is 1.04 bits per heavy atom. The van der Waals surface area contributed by atoms with Crippen LogP contribution >= 0.6 is 0 Å². The number of methoxy groups -OCH3 is 1. The third-order valence-corrected chi connectivity index (χ3v) is 3.92. The fraction of sp³-hybridized carbons (Fsp3) is 0.263. The van der Waals surface area contributed by atoms with E-state index in [1.165, 1.54) is 37.8 Å². The lowest BCUT2D eigenvalue weighted by Crippen LogP contribution is -2.17. The minimum absolute atomic E-state index is 0.162. The van der Waals surface area contributed by atoms with Gasteiger partial charge in [-0.1, -0.05) is 11.8 Å². The Morgan fingerprint density at radius 2 is 1.70 bits per heavy atom. The van der Waals surface area contributed by atoms with Crippen molar-refractivity contribution in [3.8, 4) is 23.3 Å². The van der Waals surface area contributed by atoms with Gasteiger partial charge < -0.3 is 14.7 Å². The Kier molecular flexibility index (Phi) is 4.38. The number of ether oxygens (including phenoxy) is 1. The van der Waals surface area contributed by atoms with Crippen LogP contribution in [0.5, 0.6) is 11.5 Å². The molecule has 0 atom stereocenters. The van der Waals surface area contributed by atoms with Crippen molar-refractivity contribution in [2.75, 3.05) is 25.1 Å². The third-order valence-electron chi connectivity index (χ3n) is 3.92. The number of rotatable bonds is 2.